The summed E-state index contributed by atoms with van der Waals surface area (Å²) in [5.74, 6) is 1.16. The van der Waals surface area contributed by atoms with E-state index in [0.29, 0.717) is 23.9 Å². The Hall–Kier alpha value is -2.34. The van der Waals surface area contributed by atoms with Crippen LogP contribution in [0.2, 0.25) is 0 Å². The molecule has 0 radical (unpaired) electrons. The Morgan fingerprint density at radius 3 is 2.50 bits per heavy atom. The van der Waals surface area contributed by atoms with Gasteiger partial charge in [0.2, 0.25) is 5.91 Å². The molecule has 0 aromatic heterocycles. The monoisotopic (exact) mass is 414 g/mol. The molecule has 3 nitrogen and oxygen atoms in total. The van der Waals surface area contributed by atoms with Crippen LogP contribution in [0.4, 0.5) is 13.2 Å². The van der Waals surface area contributed by atoms with E-state index in [0.717, 1.165) is 43.9 Å². The number of nitrogens with zero attached hydrogens (tertiary/aromatic N) is 1. The maximum absolute atomic E-state index is 13.3. The van der Waals surface area contributed by atoms with E-state index in [9.17, 15) is 18.0 Å². The topological polar surface area (TPSA) is 32.3 Å². The molecule has 0 spiro atoms. The summed E-state index contributed by atoms with van der Waals surface area (Å²) in [5, 5.41) is 3.28. The van der Waals surface area contributed by atoms with Gasteiger partial charge in [-0.05, 0) is 54.7 Å². The predicted octanol–water partition coefficient (Wildman–Crippen LogP) is 4.72. The molecule has 2 aromatic rings. The highest BCUT2D eigenvalue weighted by Crippen LogP contribution is 2.49. The fourth-order valence-electron chi connectivity index (χ4n) is 4.90. The van der Waals surface area contributed by atoms with Crippen molar-refractivity contribution in [2.45, 2.75) is 50.0 Å². The lowest BCUT2D eigenvalue weighted by Gasteiger charge is -2.35. The number of hydrogen-bond donors (Lipinski definition) is 1. The summed E-state index contributed by atoms with van der Waals surface area (Å²) < 4.78 is 39.3. The van der Waals surface area contributed by atoms with E-state index in [1.165, 1.54) is 12.1 Å². The van der Waals surface area contributed by atoms with Crippen LogP contribution in [0.5, 0.6) is 0 Å². The number of nitrogens with one attached hydrogen (secondary N) is 1. The minimum Gasteiger partial charge on any atom is -0.345 e. The number of benzene rings is 2. The van der Waals surface area contributed by atoms with E-state index < -0.39 is 11.7 Å². The Bertz CT molecular complexity index is 939. The summed E-state index contributed by atoms with van der Waals surface area (Å²) in [4.78, 5) is 15.4. The zero-order chi connectivity index (χ0) is 20.9. The highest BCUT2D eigenvalue weighted by molar-refractivity contribution is 5.83. The van der Waals surface area contributed by atoms with Crippen LogP contribution in [0.25, 0.3) is 0 Å². The van der Waals surface area contributed by atoms with Crippen molar-refractivity contribution in [2.24, 2.45) is 11.8 Å². The van der Waals surface area contributed by atoms with Gasteiger partial charge in [-0.1, -0.05) is 48.5 Å². The van der Waals surface area contributed by atoms with E-state index in [4.69, 9.17) is 0 Å². The molecule has 2 aromatic carbocycles. The smallest absolute Gasteiger partial charge is 0.345 e. The molecule has 1 saturated heterocycles. The summed E-state index contributed by atoms with van der Waals surface area (Å²) >= 11 is 0. The molecule has 30 heavy (non-hydrogen) atoms. The number of alkyl halides is 3. The second kappa shape index (κ2) is 7.12. The maximum atomic E-state index is 13.3. The quantitative estimate of drug-likeness (QED) is 0.768. The van der Waals surface area contributed by atoms with Crippen LogP contribution in [0.15, 0.2) is 54.6 Å². The van der Waals surface area contributed by atoms with Gasteiger partial charge in [0.1, 0.15) is 0 Å². The number of halogens is 3. The molecule has 0 bridgehead atoms. The first kappa shape index (κ1) is 19.6. The number of fused-ring (bicyclic) bond motifs is 1. The highest BCUT2D eigenvalue weighted by atomic mass is 19.4. The Balaban J connectivity index is 1.33. The van der Waals surface area contributed by atoms with Gasteiger partial charge in [0.05, 0.1) is 17.1 Å². The summed E-state index contributed by atoms with van der Waals surface area (Å²) in [6.45, 7) is 1.14. The third-order valence-corrected chi connectivity index (χ3v) is 6.89. The van der Waals surface area contributed by atoms with Crippen LogP contribution in [-0.2, 0) is 23.1 Å². The molecule has 6 heteroatoms. The van der Waals surface area contributed by atoms with Gasteiger partial charge in [0, 0.05) is 13.1 Å². The minimum absolute atomic E-state index is 0.00804. The molecule has 1 heterocycles. The minimum atomic E-state index is -4.36. The average molecular weight is 414 g/mol. The normalized spacial score (nSPS) is 27.2. The Kier molecular flexibility index (Phi) is 4.65. The van der Waals surface area contributed by atoms with Crippen molar-refractivity contribution in [3.8, 4) is 0 Å². The average Bonchev–Trinajstić information content (AvgIpc) is 3.64. The predicted molar refractivity (Wildman–Crippen MR) is 107 cm³/mol. The fourth-order valence-corrected chi connectivity index (χ4v) is 4.90. The number of carbonyl (C=O) groups excluding carboxylic acids is 1. The first-order valence-electron chi connectivity index (χ1n) is 10.6. The Morgan fingerprint density at radius 1 is 1.03 bits per heavy atom. The zero-order valence-electron chi connectivity index (χ0n) is 16.7. The molecule has 3 aliphatic rings. The first-order chi connectivity index (χ1) is 14.3. The third kappa shape index (κ3) is 3.85. The summed E-state index contributed by atoms with van der Waals surface area (Å²) in [6, 6.07) is 15.2. The van der Waals surface area contributed by atoms with E-state index in [-0.39, 0.29) is 17.5 Å². The number of amides is 1. The molecule has 1 aliphatic heterocycles. The van der Waals surface area contributed by atoms with Gasteiger partial charge in [-0.2, -0.15) is 13.2 Å². The third-order valence-electron chi connectivity index (χ3n) is 6.89. The van der Waals surface area contributed by atoms with Crippen LogP contribution >= 0.6 is 0 Å². The molecule has 3 atom stereocenters. The second-order valence-corrected chi connectivity index (χ2v) is 9.07. The molecule has 5 rings (SSSR count). The van der Waals surface area contributed by atoms with Gasteiger partial charge in [-0.15, -0.1) is 0 Å². The highest BCUT2D eigenvalue weighted by Gasteiger charge is 2.51. The van der Waals surface area contributed by atoms with Gasteiger partial charge in [0.25, 0.3) is 0 Å². The fraction of sp³-hybridized carbons (Fsp3) is 0.458. The Labute approximate surface area is 174 Å². The van der Waals surface area contributed by atoms with Crippen LogP contribution in [0, 0.1) is 11.8 Å². The molecule has 3 fully saturated rings. The van der Waals surface area contributed by atoms with Gasteiger partial charge >= 0.3 is 6.18 Å². The van der Waals surface area contributed by atoms with Gasteiger partial charge in [0.15, 0.2) is 0 Å². The molecule has 3 unspecified atom stereocenters. The largest absolute Gasteiger partial charge is 0.416 e. The van der Waals surface area contributed by atoms with Crippen LogP contribution in [0.3, 0.4) is 0 Å². The number of rotatable bonds is 5. The standard InChI is InChI=1S/C24H25F3N2O/c25-24(26,27)20-8-4-5-16(11-20)14-29-15-18-12-17(18)13-21(29)22(30)28-23(9-10-23)19-6-2-1-3-7-19/h1-8,11,17-18,21H,9-10,12-15H2,(H,28,30). The molecule has 1 amide bonds. The van der Waals surface area contributed by atoms with Crippen molar-refractivity contribution in [1.29, 1.82) is 0 Å². The van der Waals surface area contributed by atoms with Crippen molar-refractivity contribution in [3.05, 3.63) is 71.3 Å². The number of likely N-dealkylation sites (tertiary alicyclic amines) is 1. The zero-order valence-corrected chi connectivity index (χ0v) is 16.7. The van der Waals surface area contributed by atoms with E-state index >= 15 is 0 Å². The van der Waals surface area contributed by atoms with Crippen molar-refractivity contribution in [2.75, 3.05) is 6.54 Å². The van der Waals surface area contributed by atoms with Gasteiger partial charge in [-0.25, -0.2) is 0 Å². The lowest BCUT2D eigenvalue weighted by atomic mass is 9.98. The van der Waals surface area contributed by atoms with Crippen molar-refractivity contribution in [3.63, 3.8) is 0 Å². The lowest BCUT2D eigenvalue weighted by molar-refractivity contribution is -0.137. The first-order valence-corrected chi connectivity index (χ1v) is 10.6. The number of carbonyl (C=O) groups is 1. The van der Waals surface area contributed by atoms with Gasteiger partial charge < -0.3 is 5.32 Å². The molecule has 2 aliphatic carbocycles. The molecule has 2 saturated carbocycles. The van der Waals surface area contributed by atoms with Crippen LogP contribution in [-0.4, -0.2) is 23.4 Å². The lowest BCUT2D eigenvalue weighted by Crippen LogP contribution is -2.52. The van der Waals surface area contributed by atoms with Crippen LogP contribution < -0.4 is 5.32 Å². The molecular formula is C24H25F3N2O. The van der Waals surface area contributed by atoms with Crippen molar-refractivity contribution < 1.29 is 18.0 Å². The molecule has 158 valence electrons. The second-order valence-electron chi connectivity index (χ2n) is 9.07. The van der Waals surface area contributed by atoms with Gasteiger partial charge in [-0.3, -0.25) is 9.69 Å². The van der Waals surface area contributed by atoms with E-state index in [2.05, 4.69) is 10.2 Å². The van der Waals surface area contributed by atoms with E-state index in [1.807, 2.05) is 30.3 Å². The number of hydrogen-bond acceptors (Lipinski definition) is 2. The Morgan fingerprint density at radius 2 is 1.80 bits per heavy atom. The number of piperidine rings is 1. The SMILES string of the molecule is O=C(NC1(c2ccccc2)CC1)C1CC2CC2CN1Cc1cccc(C(F)(F)F)c1. The van der Waals surface area contributed by atoms with E-state index in [1.54, 1.807) is 6.07 Å². The van der Waals surface area contributed by atoms with Crippen molar-refractivity contribution in [1.82, 2.24) is 10.2 Å². The molecule has 1 N–H and O–H groups in total. The maximum Gasteiger partial charge on any atom is 0.416 e. The molecular weight excluding hydrogens is 389 g/mol. The van der Waals surface area contributed by atoms with Crippen LogP contribution in [0.1, 0.15) is 42.4 Å². The summed E-state index contributed by atoms with van der Waals surface area (Å²) in [6.07, 6.45) is -0.596. The summed E-state index contributed by atoms with van der Waals surface area (Å²) in [5.41, 5.74) is 0.817. The van der Waals surface area contributed by atoms with Crippen molar-refractivity contribution >= 4 is 5.91 Å². The summed E-state index contributed by atoms with van der Waals surface area (Å²) in [7, 11) is 0.